The minimum atomic E-state index is -7.60. The zero-order valence-electron chi connectivity index (χ0n) is 17.9. The molecule has 0 bridgehead atoms. The van der Waals surface area contributed by atoms with Gasteiger partial charge in [0.25, 0.3) is 23.6 Å². The van der Waals surface area contributed by atoms with Gasteiger partial charge in [0, 0.05) is 30.4 Å². The summed E-state index contributed by atoms with van der Waals surface area (Å²) in [7, 11) is 0. The van der Waals surface area contributed by atoms with Crippen molar-refractivity contribution in [2.45, 2.75) is 23.9 Å². The Morgan fingerprint density at radius 2 is 1.13 bits per heavy atom. The van der Waals surface area contributed by atoms with Gasteiger partial charge < -0.3 is 4.74 Å². The lowest BCUT2D eigenvalue weighted by Gasteiger charge is -2.32. The van der Waals surface area contributed by atoms with Crippen molar-refractivity contribution in [3.8, 4) is 5.75 Å². The van der Waals surface area contributed by atoms with Gasteiger partial charge in [-0.25, -0.2) is 9.80 Å². The van der Waals surface area contributed by atoms with Crippen LogP contribution in [0, 0.1) is 0 Å². The number of hydrogen-bond donors (Lipinski definition) is 0. The normalized spacial score (nSPS) is 17.5. The van der Waals surface area contributed by atoms with E-state index in [1.54, 1.807) is 0 Å². The van der Waals surface area contributed by atoms with Crippen LogP contribution in [0.1, 0.15) is 0 Å². The minimum Gasteiger partial charge on any atom is -0.428 e. The number of halogens is 12. The average Bonchev–Trinajstić information content (AvgIpc) is 3.33. The van der Waals surface area contributed by atoms with Gasteiger partial charge >= 0.3 is 30.0 Å². The molecule has 7 nitrogen and oxygen atoms in total. The number of imide groups is 2. The van der Waals surface area contributed by atoms with Crippen LogP contribution in [0.3, 0.4) is 0 Å². The highest BCUT2D eigenvalue weighted by Crippen LogP contribution is 2.56. The molecule has 0 atom stereocenters. The first kappa shape index (κ1) is 29.6. The van der Waals surface area contributed by atoms with Gasteiger partial charge in [-0.2, -0.15) is 48.3 Å². The quantitative estimate of drug-likeness (QED) is 0.246. The third-order valence-electron chi connectivity index (χ3n) is 4.91. The molecule has 0 aromatic heterocycles. The van der Waals surface area contributed by atoms with E-state index in [1.807, 2.05) is 0 Å². The van der Waals surface area contributed by atoms with Gasteiger partial charge in [0.1, 0.15) is 5.02 Å². The largest absolute Gasteiger partial charge is 0.460 e. The minimum absolute atomic E-state index is 0.182. The number of benzene rings is 1. The smallest absolute Gasteiger partial charge is 0.428 e. The van der Waals surface area contributed by atoms with Crippen LogP contribution in [0.15, 0.2) is 48.3 Å². The summed E-state index contributed by atoms with van der Waals surface area (Å²) in [6.07, 6.45) is -4.68. The molecule has 2 aliphatic heterocycles. The highest BCUT2D eigenvalue weighted by molar-refractivity contribution is 6.39. The van der Waals surface area contributed by atoms with Gasteiger partial charge in [-0.1, -0.05) is 11.6 Å². The lowest BCUT2D eigenvalue weighted by Crippen LogP contribution is -2.61. The fraction of sp³-hybridized carbons (Fsp3) is 0.200. The molecule has 0 saturated heterocycles. The Bertz CT molecular complexity index is 1350. The van der Waals surface area contributed by atoms with E-state index in [-0.39, 0.29) is 9.80 Å². The number of nitrogens with zero attached hydrogens (tertiary/aromatic N) is 2. The van der Waals surface area contributed by atoms with Gasteiger partial charge in [-0.05, 0) is 6.07 Å². The summed E-state index contributed by atoms with van der Waals surface area (Å²) in [5, 5.41) is -1.16. The van der Waals surface area contributed by atoms with E-state index in [0.29, 0.717) is 36.4 Å². The van der Waals surface area contributed by atoms with Gasteiger partial charge in [0.05, 0.1) is 11.4 Å². The second kappa shape index (κ2) is 9.35. The summed E-state index contributed by atoms with van der Waals surface area (Å²) in [6, 6.07) is -2.55. The summed E-state index contributed by atoms with van der Waals surface area (Å²) in [5.74, 6) is -32.7. The van der Waals surface area contributed by atoms with E-state index < -0.39 is 81.6 Å². The predicted octanol–water partition coefficient (Wildman–Crippen LogP) is 5.15. The van der Waals surface area contributed by atoms with Crippen molar-refractivity contribution >= 4 is 46.6 Å². The maximum Gasteiger partial charge on any atom is 0.460 e. The van der Waals surface area contributed by atoms with Gasteiger partial charge in [0.15, 0.2) is 5.75 Å². The van der Waals surface area contributed by atoms with Gasteiger partial charge in [0.2, 0.25) is 5.83 Å². The fourth-order valence-corrected chi connectivity index (χ4v) is 3.24. The number of anilines is 2. The molecule has 1 aromatic carbocycles. The molecule has 1 aromatic rings. The third-order valence-corrected chi connectivity index (χ3v) is 5.29. The highest BCUT2D eigenvalue weighted by Gasteiger charge is 2.83. The molecule has 0 saturated carbocycles. The molecule has 2 aliphatic rings. The zero-order valence-corrected chi connectivity index (χ0v) is 18.7. The molecule has 19 heteroatoms. The van der Waals surface area contributed by atoms with Crippen LogP contribution in [-0.4, -0.2) is 47.6 Å². The van der Waals surface area contributed by atoms with Crippen LogP contribution in [0.5, 0.6) is 5.75 Å². The maximum atomic E-state index is 14.3. The highest BCUT2D eigenvalue weighted by atomic mass is 35.5. The Morgan fingerprint density at radius 1 is 0.692 bits per heavy atom. The van der Waals surface area contributed by atoms with E-state index >= 15 is 0 Å². The van der Waals surface area contributed by atoms with E-state index in [9.17, 15) is 67.5 Å². The molecule has 0 aliphatic carbocycles. The Balaban J connectivity index is 2.15. The summed E-state index contributed by atoms with van der Waals surface area (Å²) in [4.78, 5) is 48.4. The summed E-state index contributed by atoms with van der Waals surface area (Å²) in [5.41, 5.74) is -1.63. The topological polar surface area (TPSA) is 84.0 Å². The molecule has 0 spiro atoms. The van der Waals surface area contributed by atoms with E-state index in [1.165, 1.54) is 0 Å². The fourth-order valence-electron chi connectivity index (χ4n) is 3.01. The van der Waals surface area contributed by atoms with Crippen molar-refractivity contribution in [3.05, 3.63) is 53.3 Å². The number of allylic oxidation sites excluding steroid dienone is 1. The molecule has 0 N–H and O–H groups in total. The number of ether oxygens (including phenoxy) is 1. The molecule has 4 amide bonds. The third kappa shape index (κ3) is 4.61. The van der Waals surface area contributed by atoms with Crippen LogP contribution >= 0.6 is 11.6 Å². The van der Waals surface area contributed by atoms with Crippen LogP contribution < -0.4 is 14.5 Å². The van der Waals surface area contributed by atoms with Crippen LogP contribution in [-0.2, 0) is 19.2 Å². The zero-order chi connectivity index (χ0) is 29.9. The molecular formula is C20H6ClF11N2O5. The molecule has 0 fully saturated rings. The predicted molar refractivity (Wildman–Crippen MR) is 105 cm³/mol. The van der Waals surface area contributed by atoms with Crippen LogP contribution in [0.4, 0.5) is 59.7 Å². The van der Waals surface area contributed by atoms with Crippen molar-refractivity contribution in [3.63, 3.8) is 0 Å². The Hall–Kier alpha value is -3.96. The van der Waals surface area contributed by atoms with Crippen LogP contribution in [0.25, 0.3) is 0 Å². The van der Waals surface area contributed by atoms with E-state index in [4.69, 9.17) is 11.6 Å². The maximum absolute atomic E-state index is 14.3. The number of carbonyl (C=O) groups is 4. The molecule has 0 radical (unpaired) electrons. The lowest BCUT2D eigenvalue weighted by molar-refractivity contribution is -0.392. The standard InChI is InChI=1S/C20H6ClF11N2O5/c21-14-8(34-12(37)3-4-13(34)38)5-7(33-10(35)1-2-11(33)36)6-9(14)39-16(23)15(22)17(24,25)18(26,27)19(28,29)20(30,31)32/h1-6H. The molecule has 210 valence electrons. The molecule has 0 unspecified atom stereocenters. The number of alkyl halides is 9. The van der Waals surface area contributed by atoms with Crippen molar-refractivity contribution < 1.29 is 72.2 Å². The lowest BCUT2D eigenvalue weighted by atomic mass is 10.0. The van der Waals surface area contributed by atoms with Crippen molar-refractivity contribution in [2.75, 3.05) is 9.80 Å². The Morgan fingerprint density at radius 3 is 1.56 bits per heavy atom. The average molecular weight is 599 g/mol. The van der Waals surface area contributed by atoms with Gasteiger partial charge in [-0.3, -0.25) is 19.2 Å². The van der Waals surface area contributed by atoms with E-state index in [2.05, 4.69) is 4.74 Å². The molecule has 2 heterocycles. The first-order valence-electron chi connectivity index (χ1n) is 9.56. The van der Waals surface area contributed by atoms with Crippen LogP contribution in [0.2, 0.25) is 5.02 Å². The second-order valence-electron chi connectivity index (χ2n) is 7.38. The summed E-state index contributed by atoms with van der Waals surface area (Å²) in [6.45, 7) is 0. The SMILES string of the molecule is O=C1C=CC(=O)N1c1cc(OC(F)=C(F)C(F)(F)C(F)(F)C(F)(F)C(F)(F)F)c(Cl)c(N2C(=O)C=CC2=O)c1. The van der Waals surface area contributed by atoms with Gasteiger partial charge in [-0.15, -0.1) is 0 Å². The number of carbonyl (C=O) groups excluding carboxylic acids is 4. The van der Waals surface area contributed by atoms with Crippen molar-refractivity contribution in [1.29, 1.82) is 0 Å². The van der Waals surface area contributed by atoms with Crippen molar-refractivity contribution in [1.82, 2.24) is 0 Å². The Labute approximate surface area is 212 Å². The number of rotatable bonds is 7. The first-order valence-corrected chi connectivity index (χ1v) is 9.94. The molecule has 3 rings (SSSR count). The van der Waals surface area contributed by atoms with E-state index in [0.717, 1.165) is 0 Å². The Kier molecular flexibility index (Phi) is 7.10. The second-order valence-corrected chi connectivity index (χ2v) is 7.76. The summed E-state index contributed by atoms with van der Waals surface area (Å²) >= 11 is 5.84. The molecule has 39 heavy (non-hydrogen) atoms. The number of amides is 4. The van der Waals surface area contributed by atoms with Crippen molar-refractivity contribution in [2.24, 2.45) is 0 Å². The number of hydrogen-bond acceptors (Lipinski definition) is 5. The monoisotopic (exact) mass is 598 g/mol. The first-order chi connectivity index (χ1) is 17.7. The molecular weight excluding hydrogens is 593 g/mol. The summed E-state index contributed by atoms with van der Waals surface area (Å²) < 4.78 is 150.